The summed E-state index contributed by atoms with van der Waals surface area (Å²) >= 11 is 5.93. The molecule has 9 heteroatoms. The van der Waals surface area contributed by atoms with Crippen molar-refractivity contribution in [1.29, 1.82) is 0 Å². The molecule has 0 aromatic heterocycles. The molecule has 2 aromatic rings. The zero-order valence-corrected chi connectivity index (χ0v) is 13.8. The molecule has 0 spiro atoms. The van der Waals surface area contributed by atoms with E-state index in [2.05, 4.69) is 5.32 Å². The molecule has 0 saturated carbocycles. The largest absolute Gasteiger partial charge is 0.480 e. The molecule has 0 aliphatic carbocycles. The van der Waals surface area contributed by atoms with Crippen LogP contribution in [0.2, 0.25) is 5.02 Å². The van der Waals surface area contributed by atoms with Crippen molar-refractivity contribution in [2.75, 3.05) is 11.9 Å². The number of carbonyl (C=O) groups excluding carboxylic acids is 1. The van der Waals surface area contributed by atoms with Crippen LogP contribution in [0, 0.1) is 0 Å². The Morgan fingerprint density at radius 3 is 2.25 bits per heavy atom. The van der Waals surface area contributed by atoms with Crippen LogP contribution in [0.5, 0.6) is 0 Å². The van der Waals surface area contributed by atoms with Crippen molar-refractivity contribution in [3.8, 4) is 0 Å². The van der Waals surface area contributed by atoms with Crippen LogP contribution in [0.1, 0.15) is 10.4 Å². The third-order valence-electron chi connectivity index (χ3n) is 2.95. The molecule has 0 atom stereocenters. The first kappa shape index (κ1) is 17.9. The fourth-order valence-electron chi connectivity index (χ4n) is 1.80. The molecule has 3 N–H and O–H groups in total. The summed E-state index contributed by atoms with van der Waals surface area (Å²) in [4.78, 5) is 22.4. The van der Waals surface area contributed by atoms with E-state index in [0.717, 1.165) is 0 Å². The first-order valence-electron chi connectivity index (χ1n) is 6.67. The van der Waals surface area contributed by atoms with Crippen LogP contribution in [-0.2, 0) is 14.8 Å². The van der Waals surface area contributed by atoms with Crippen molar-refractivity contribution < 1.29 is 23.1 Å². The van der Waals surface area contributed by atoms with Gasteiger partial charge in [-0.05, 0) is 36.4 Å². The van der Waals surface area contributed by atoms with E-state index in [-0.39, 0.29) is 4.90 Å². The molecule has 1 amide bonds. The summed E-state index contributed by atoms with van der Waals surface area (Å²) < 4.78 is 25.7. The molecular weight excluding hydrogens is 356 g/mol. The Hall–Kier alpha value is -2.42. The molecule has 126 valence electrons. The van der Waals surface area contributed by atoms with Gasteiger partial charge in [-0.1, -0.05) is 23.7 Å². The van der Waals surface area contributed by atoms with Gasteiger partial charge in [-0.2, -0.15) is 4.72 Å². The van der Waals surface area contributed by atoms with E-state index in [1.54, 1.807) is 24.3 Å². The number of rotatable bonds is 6. The maximum absolute atomic E-state index is 12.1. The van der Waals surface area contributed by atoms with Crippen LogP contribution in [0.3, 0.4) is 0 Å². The number of aliphatic carboxylic acids is 1. The predicted octanol–water partition coefficient (Wildman–Crippen LogP) is 1.96. The lowest BCUT2D eigenvalue weighted by Crippen LogP contribution is -2.29. The second-order valence-electron chi connectivity index (χ2n) is 4.68. The van der Waals surface area contributed by atoms with Crippen LogP contribution in [0.25, 0.3) is 0 Å². The highest BCUT2D eigenvalue weighted by molar-refractivity contribution is 7.89. The lowest BCUT2D eigenvalue weighted by atomic mass is 10.2. The molecule has 2 rings (SSSR count). The van der Waals surface area contributed by atoms with Gasteiger partial charge < -0.3 is 10.4 Å². The monoisotopic (exact) mass is 368 g/mol. The average Bonchev–Trinajstić information content (AvgIpc) is 2.54. The number of sulfonamides is 1. The molecule has 0 heterocycles. The Balaban J connectivity index is 2.11. The smallest absolute Gasteiger partial charge is 0.318 e. The zero-order valence-electron chi connectivity index (χ0n) is 12.2. The number of carbonyl (C=O) groups is 2. The highest BCUT2D eigenvalue weighted by Gasteiger charge is 2.15. The summed E-state index contributed by atoms with van der Waals surface area (Å²) in [6.45, 7) is -0.715. The van der Waals surface area contributed by atoms with Crippen LogP contribution in [0.15, 0.2) is 53.4 Å². The number of carboxylic acid groups (broad SMARTS) is 1. The SMILES string of the molecule is O=C(O)CNS(=O)(=O)c1ccc(NC(=O)c2ccccc2Cl)cc1. The van der Waals surface area contributed by atoms with Crippen molar-refractivity contribution in [2.24, 2.45) is 0 Å². The lowest BCUT2D eigenvalue weighted by Gasteiger charge is -2.08. The summed E-state index contributed by atoms with van der Waals surface area (Å²) in [7, 11) is -3.92. The molecule has 0 aliphatic rings. The minimum Gasteiger partial charge on any atom is -0.480 e. The van der Waals surface area contributed by atoms with Gasteiger partial charge in [0.05, 0.1) is 15.5 Å². The van der Waals surface area contributed by atoms with E-state index in [1.165, 1.54) is 24.3 Å². The Kier molecular flexibility index (Phi) is 5.55. The average molecular weight is 369 g/mol. The van der Waals surface area contributed by atoms with Crippen LogP contribution >= 0.6 is 11.6 Å². The van der Waals surface area contributed by atoms with Gasteiger partial charge in [0.2, 0.25) is 10.0 Å². The number of benzene rings is 2. The minimum atomic E-state index is -3.92. The van der Waals surface area contributed by atoms with Gasteiger partial charge in [-0.3, -0.25) is 9.59 Å². The molecule has 24 heavy (non-hydrogen) atoms. The van der Waals surface area contributed by atoms with Crippen molar-refractivity contribution in [1.82, 2.24) is 4.72 Å². The van der Waals surface area contributed by atoms with Gasteiger partial charge in [-0.15, -0.1) is 0 Å². The number of halogens is 1. The molecule has 0 fully saturated rings. The summed E-state index contributed by atoms with van der Waals surface area (Å²) in [6.07, 6.45) is 0. The van der Waals surface area contributed by atoms with Crippen molar-refractivity contribution in [2.45, 2.75) is 4.90 Å². The molecule has 0 unspecified atom stereocenters. The van der Waals surface area contributed by atoms with Crippen LogP contribution < -0.4 is 10.0 Å². The number of anilines is 1. The fraction of sp³-hybridized carbons (Fsp3) is 0.0667. The van der Waals surface area contributed by atoms with Gasteiger partial charge in [-0.25, -0.2) is 8.42 Å². The topological polar surface area (TPSA) is 113 Å². The van der Waals surface area contributed by atoms with Gasteiger partial charge in [0.15, 0.2) is 0 Å². The van der Waals surface area contributed by atoms with Gasteiger partial charge >= 0.3 is 5.97 Å². The summed E-state index contributed by atoms with van der Waals surface area (Å²) in [5.74, 6) is -1.72. The quantitative estimate of drug-likeness (QED) is 0.721. The van der Waals surface area contributed by atoms with E-state index in [9.17, 15) is 18.0 Å². The molecule has 0 aliphatic heterocycles. The number of hydrogen-bond donors (Lipinski definition) is 3. The number of hydrogen-bond acceptors (Lipinski definition) is 4. The molecule has 0 bridgehead atoms. The first-order valence-corrected chi connectivity index (χ1v) is 8.53. The van der Waals surface area contributed by atoms with E-state index in [0.29, 0.717) is 16.3 Å². The van der Waals surface area contributed by atoms with E-state index in [1.807, 2.05) is 4.72 Å². The number of amides is 1. The van der Waals surface area contributed by atoms with Crippen LogP contribution in [-0.4, -0.2) is 31.9 Å². The first-order chi connectivity index (χ1) is 11.3. The zero-order chi connectivity index (χ0) is 17.7. The maximum Gasteiger partial charge on any atom is 0.318 e. The van der Waals surface area contributed by atoms with Crippen molar-refractivity contribution in [3.05, 3.63) is 59.1 Å². The predicted molar refractivity (Wildman–Crippen MR) is 88.7 cm³/mol. The Bertz CT molecular complexity index is 866. The Morgan fingerprint density at radius 2 is 1.67 bits per heavy atom. The van der Waals surface area contributed by atoms with E-state index in [4.69, 9.17) is 16.7 Å². The Labute approximate surface area is 143 Å². The number of nitrogens with one attached hydrogen (secondary N) is 2. The van der Waals surface area contributed by atoms with Crippen molar-refractivity contribution >= 4 is 39.2 Å². The Morgan fingerprint density at radius 1 is 1.04 bits per heavy atom. The van der Waals surface area contributed by atoms with Crippen LogP contribution in [0.4, 0.5) is 5.69 Å². The molecule has 0 saturated heterocycles. The molecule has 0 radical (unpaired) electrons. The minimum absolute atomic E-state index is 0.112. The maximum atomic E-state index is 12.1. The lowest BCUT2D eigenvalue weighted by molar-refractivity contribution is -0.135. The van der Waals surface area contributed by atoms with E-state index >= 15 is 0 Å². The standard InChI is InChI=1S/C15H13ClN2O5S/c16-13-4-2-1-3-12(13)15(21)18-10-5-7-11(8-6-10)24(22,23)17-9-14(19)20/h1-8,17H,9H2,(H,18,21)(H,19,20). The molecule has 7 nitrogen and oxygen atoms in total. The summed E-state index contributed by atoms with van der Waals surface area (Å²) in [6, 6.07) is 11.8. The highest BCUT2D eigenvalue weighted by atomic mass is 35.5. The van der Waals surface area contributed by atoms with Gasteiger partial charge in [0.1, 0.15) is 6.54 Å². The molecule has 2 aromatic carbocycles. The second kappa shape index (κ2) is 7.43. The summed E-state index contributed by atoms with van der Waals surface area (Å²) in [5, 5.41) is 11.4. The third kappa shape index (κ3) is 4.54. The normalized spacial score (nSPS) is 11.0. The summed E-state index contributed by atoms with van der Waals surface area (Å²) in [5.41, 5.74) is 0.663. The van der Waals surface area contributed by atoms with E-state index < -0.39 is 28.4 Å². The van der Waals surface area contributed by atoms with Crippen molar-refractivity contribution in [3.63, 3.8) is 0 Å². The molecular formula is C15H13ClN2O5S. The third-order valence-corrected chi connectivity index (χ3v) is 4.70. The second-order valence-corrected chi connectivity index (χ2v) is 6.85. The van der Waals surface area contributed by atoms with Gasteiger partial charge in [0.25, 0.3) is 5.91 Å². The fourth-order valence-corrected chi connectivity index (χ4v) is 3.00. The highest BCUT2D eigenvalue weighted by Crippen LogP contribution is 2.18. The van der Waals surface area contributed by atoms with Gasteiger partial charge in [0, 0.05) is 5.69 Å². The number of carboxylic acids is 1.